The highest BCUT2D eigenvalue weighted by Gasteiger charge is 2.27. The zero-order chi connectivity index (χ0) is 15.4. The van der Waals surface area contributed by atoms with Crippen LogP contribution >= 0.6 is 0 Å². The molecule has 0 unspecified atom stereocenters. The van der Waals surface area contributed by atoms with Gasteiger partial charge in [0.2, 0.25) is 5.82 Å². The van der Waals surface area contributed by atoms with Crippen LogP contribution in [0.15, 0.2) is 12.1 Å². The van der Waals surface area contributed by atoms with Crippen LogP contribution in [-0.2, 0) is 4.79 Å². The minimum absolute atomic E-state index is 0.0415. The summed E-state index contributed by atoms with van der Waals surface area (Å²) in [4.78, 5) is 10.7. The second kappa shape index (κ2) is 6.87. The smallest absolute Gasteiger partial charge is 0.303 e. The molecule has 1 aromatic carbocycles. The van der Waals surface area contributed by atoms with Crippen molar-refractivity contribution in [2.75, 3.05) is 6.61 Å². The molecule has 5 heteroatoms. The Balaban J connectivity index is 2.07. The zero-order valence-electron chi connectivity index (χ0n) is 12.1. The van der Waals surface area contributed by atoms with Crippen LogP contribution in [0, 0.1) is 17.6 Å². The standard InChI is InChI=1S/C16H20F2O3/c1-2-21-13-8-7-12(15(17)16(13)18)11-5-3-10(4-6-11)9-14(19)20/h7-8,10-11H,2-6,9H2,1H3,(H,19,20). The number of aliphatic carboxylic acids is 1. The first-order chi connectivity index (χ1) is 10.0. The van der Waals surface area contributed by atoms with E-state index in [1.807, 2.05) is 0 Å². The summed E-state index contributed by atoms with van der Waals surface area (Å²) in [7, 11) is 0. The van der Waals surface area contributed by atoms with Gasteiger partial charge in [-0.25, -0.2) is 4.39 Å². The first kappa shape index (κ1) is 15.7. The summed E-state index contributed by atoms with van der Waals surface area (Å²) in [5, 5.41) is 8.79. The lowest BCUT2D eigenvalue weighted by atomic mass is 9.77. The molecule has 21 heavy (non-hydrogen) atoms. The SMILES string of the molecule is CCOc1ccc(C2CCC(CC(=O)O)CC2)c(F)c1F. The number of halogens is 2. The van der Waals surface area contributed by atoms with Crippen molar-refractivity contribution in [1.82, 2.24) is 0 Å². The van der Waals surface area contributed by atoms with Gasteiger partial charge in [-0.1, -0.05) is 6.07 Å². The summed E-state index contributed by atoms with van der Waals surface area (Å²) in [6.45, 7) is 2.00. The van der Waals surface area contributed by atoms with E-state index in [1.165, 1.54) is 6.07 Å². The summed E-state index contributed by atoms with van der Waals surface area (Å²) < 4.78 is 33.0. The molecular weight excluding hydrogens is 278 g/mol. The van der Waals surface area contributed by atoms with E-state index in [0.717, 1.165) is 12.8 Å². The van der Waals surface area contributed by atoms with E-state index < -0.39 is 17.6 Å². The van der Waals surface area contributed by atoms with Gasteiger partial charge in [0.05, 0.1) is 6.61 Å². The van der Waals surface area contributed by atoms with Gasteiger partial charge in [-0.2, -0.15) is 4.39 Å². The van der Waals surface area contributed by atoms with E-state index in [9.17, 15) is 13.6 Å². The fourth-order valence-corrected chi connectivity index (χ4v) is 3.05. The molecule has 1 aliphatic rings. The Kier molecular flexibility index (Phi) is 5.15. The van der Waals surface area contributed by atoms with Crippen LogP contribution < -0.4 is 4.74 Å². The predicted molar refractivity (Wildman–Crippen MR) is 74.5 cm³/mol. The number of ether oxygens (including phenoxy) is 1. The Morgan fingerprint density at radius 1 is 1.24 bits per heavy atom. The molecule has 2 rings (SSSR count). The maximum Gasteiger partial charge on any atom is 0.303 e. The topological polar surface area (TPSA) is 46.5 Å². The van der Waals surface area contributed by atoms with Gasteiger partial charge >= 0.3 is 5.97 Å². The van der Waals surface area contributed by atoms with E-state index in [2.05, 4.69) is 0 Å². The third kappa shape index (κ3) is 3.71. The van der Waals surface area contributed by atoms with E-state index in [-0.39, 0.29) is 30.6 Å². The van der Waals surface area contributed by atoms with Crippen molar-refractivity contribution in [3.8, 4) is 5.75 Å². The molecule has 116 valence electrons. The number of rotatable bonds is 5. The van der Waals surface area contributed by atoms with Gasteiger partial charge < -0.3 is 9.84 Å². The molecule has 0 aromatic heterocycles. The zero-order valence-corrected chi connectivity index (χ0v) is 12.1. The summed E-state index contributed by atoms with van der Waals surface area (Å²) in [5.41, 5.74) is 0.379. The molecule has 0 aliphatic heterocycles. The van der Waals surface area contributed by atoms with Crippen molar-refractivity contribution in [1.29, 1.82) is 0 Å². The molecule has 0 amide bonds. The Morgan fingerprint density at radius 3 is 2.48 bits per heavy atom. The lowest BCUT2D eigenvalue weighted by molar-refractivity contribution is -0.138. The molecule has 1 aliphatic carbocycles. The minimum Gasteiger partial charge on any atom is -0.491 e. The van der Waals surface area contributed by atoms with Gasteiger partial charge in [-0.05, 0) is 56.1 Å². The Morgan fingerprint density at radius 2 is 1.90 bits per heavy atom. The lowest BCUT2D eigenvalue weighted by Crippen LogP contribution is -2.17. The van der Waals surface area contributed by atoms with Crippen LogP contribution in [-0.4, -0.2) is 17.7 Å². The normalized spacial score (nSPS) is 22.0. The number of carboxylic acid groups (broad SMARTS) is 1. The van der Waals surface area contributed by atoms with Crippen molar-refractivity contribution >= 4 is 5.97 Å². The predicted octanol–water partition coefficient (Wildman–Crippen LogP) is 4.11. The van der Waals surface area contributed by atoms with Gasteiger partial charge in [-0.15, -0.1) is 0 Å². The Bertz CT molecular complexity index is 508. The van der Waals surface area contributed by atoms with Crippen LogP contribution in [0.2, 0.25) is 0 Å². The highest BCUT2D eigenvalue weighted by atomic mass is 19.2. The first-order valence-corrected chi connectivity index (χ1v) is 7.35. The molecule has 1 fully saturated rings. The Hall–Kier alpha value is -1.65. The van der Waals surface area contributed by atoms with Crippen molar-refractivity contribution in [2.45, 2.75) is 44.9 Å². The average Bonchev–Trinajstić information content (AvgIpc) is 2.45. The molecule has 0 heterocycles. The van der Waals surface area contributed by atoms with Crippen molar-refractivity contribution in [3.05, 3.63) is 29.3 Å². The molecule has 1 saturated carbocycles. The van der Waals surface area contributed by atoms with Crippen molar-refractivity contribution in [2.24, 2.45) is 5.92 Å². The average molecular weight is 298 g/mol. The number of hydrogen-bond donors (Lipinski definition) is 1. The lowest BCUT2D eigenvalue weighted by Gasteiger charge is -2.28. The van der Waals surface area contributed by atoms with Gasteiger partial charge in [0, 0.05) is 6.42 Å². The molecule has 0 spiro atoms. The van der Waals surface area contributed by atoms with Crippen LogP contribution in [0.4, 0.5) is 8.78 Å². The van der Waals surface area contributed by atoms with Crippen LogP contribution in [0.1, 0.15) is 50.5 Å². The molecule has 0 saturated heterocycles. The molecule has 0 bridgehead atoms. The molecule has 1 aromatic rings. The molecule has 3 nitrogen and oxygen atoms in total. The maximum atomic E-state index is 14.1. The van der Waals surface area contributed by atoms with Crippen LogP contribution in [0.3, 0.4) is 0 Å². The summed E-state index contributed by atoms with van der Waals surface area (Å²) in [6.07, 6.45) is 3.04. The molecule has 0 atom stereocenters. The van der Waals surface area contributed by atoms with Crippen LogP contribution in [0.25, 0.3) is 0 Å². The fraction of sp³-hybridized carbons (Fsp3) is 0.562. The van der Waals surface area contributed by atoms with Gasteiger partial charge in [0.25, 0.3) is 0 Å². The maximum absolute atomic E-state index is 14.1. The van der Waals surface area contributed by atoms with Crippen molar-refractivity contribution in [3.63, 3.8) is 0 Å². The number of hydrogen-bond acceptors (Lipinski definition) is 2. The van der Waals surface area contributed by atoms with Gasteiger partial charge in [0.15, 0.2) is 11.6 Å². The highest BCUT2D eigenvalue weighted by Crippen LogP contribution is 2.39. The van der Waals surface area contributed by atoms with Crippen LogP contribution in [0.5, 0.6) is 5.75 Å². The number of carboxylic acids is 1. The highest BCUT2D eigenvalue weighted by molar-refractivity contribution is 5.67. The van der Waals surface area contributed by atoms with E-state index in [1.54, 1.807) is 13.0 Å². The summed E-state index contributed by atoms with van der Waals surface area (Å²) in [6, 6.07) is 3.06. The third-order valence-electron chi connectivity index (χ3n) is 4.13. The molecular formula is C16H20F2O3. The largest absolute Gasteiger partial charge is 0.491 e. The Labute approximate surface area is 122 Å². The monoisotopic (exact) mass is 298 g/mol. The quantitative estimate of drug-likeness (QED) is 0.889. The minimum atomic E-state index is -0.929. The van der Waals surface area contributed by atoms with E-state index >= 15 is 0 Å². The number of benzene rings is 1. The summed E-state index contributed by atoms with van der Waals surface area (Å²) >= 11 is 0. The molecule has 0 radical (unpaired) electrons. The van der Waals surface area contributed by atoms with Gasteiger partial charge in [0.1, 0.15) is 0 Å². The van der Waals surface area contributed by atoms with Crippen molar-refractivity contribution < 1.29 is 23.4 Å². The fourth-order valence-electron chi connectivity index (χ4n) is 3.05. The second-order valence-electron chi connectivity index (χ2n) is 5.53. The second-order valence-corrected chi connectivity index (χ2v) is 5.53. The number of carbonyl (C=O) groups is 1. The van der Waals surface area contributed by atoms with Gasteiger partial charge in [-0.3, -0.25) is 4.79 Å². The third-order valence-corrected chi connectivity index (χ3v) is 4.13. The summed E-state index contributed by atoms with van der Waals surface area (Å²) in [5.74, 6) is -2.51. The van der Waals surface area contributed by atoms with E-state index in [4.69, 9.17) is 9.84 Å². The molecule has 1 N–H and O–H groups in total. The first-order valence-electron chi connectivity index (χ1n) is 7.35. The van der Waals surface area contributed by atoms with E-state index in [0.29, 0.717) is 18.4 Å².